The third-order valence-corrected chi connectivity index (χ3v) is 4.26. The lowest BCUT2D eigenvalue weighted by Gasteiger charge is -2.32. The predicted molar refractivity (Wildman–Crippen MR) is 79.9 cm³/mol. The van der Waals surface area contributed by atoms with Crippen LogP contribution in [0.5, 0.6) is 0 Å². The van der Waals surface area contributed by atoms with Crippen LogP contribution in [0.4, 0.5) is 5.82 Å². The molecule has 0 unspecified atom stereocenters. The van der Waals surface area contributed by atoms with Gasteiger partial charge in [-0.1, -0.05) is 44.2 Å². The number of aromatic nitrogens is 2. The number of benzene rings is 1. The first kappa shape index (κ1) is 13.5. The van der Waals surface area contributed by atoms with Crippen molar-refractivity contribution in [1.29, 1.82) is 0 Å². The van der Waals surface area contributed by atoms with Gasteiger partial charge in [-0.25, -0.2) is 0 Å². The lowest BCUT2D eigenvalue weighted by Crippen LogP contribution is -2.49. The lowest BCUT2D eigenvalue weighted by atomic mass is 9.79. The average Bonchev–Trinajstić information content (AvgIpc) is 2.93. The number of anilines is 1. The molecule has 0 aliphatic carbocycles. The Balaban J connectivity index is 2.09. The fraction of sp³-hybridized carbons (Fsp3) is 0.312. The minimum atomic E-state index is -1.01. The number of hydrogen-bond donors (Lipinski definition) is 1. The highest BCUT2D eigenvalue weighted by molar-refractivity contribution is 6.15. The second-order valence-electron chi connectivity index (χ2n) is 5.24. The van der Waals surface area contributed by atoms with Crippen molar-refractivity contribution in [1.82, 2.24) is 9.78 Å². The summed E-state index contributed by atoms with van der Waals surface area (Å²) in [6, 6.07) is 11.3. The standard InChI is InChI=1S/C16H17N3O2/c1-3-16(4-2)14(20)17-13-10-12(18-19(13)15(16)21)11-8-6-5-7-9-11/h5-10H,3-4H2,1-2H3,(H,17,20). The zero-order valence-electron chi connectivity index (χ0n) is 12.1. The summed E-state index contributed by atoms with van der Waals surface area (Å²) < 4.78 is 1.33. The fourth-order valence-corrected chi connectivity index (χ4v) is 2.78. The van der Waals surface area contributed by atoms with E-state index in [0.29, 0.717) is 24.4 Å². The normalized spacial score (nSPS) is 16.5. The molecule has 3 rings (SSSR count). The van der Waals surface area contributed by atoms with Gasteiger partial charge in [-0.2, -0.15) is 9.78 Å². The first-order valence-corrected chi connectivity index (χ1v) is 7.14. The van der Waals surface area contributed by atoms with Crippen LogP contribution in [0.15, 0.2) is 36.4 Å². The Morgan fingerprint density at radius 2 is 1.81 bits per heavy atom. The smallest absolute Gasteiger partial charge is 0.264 e. The molecule has 1 aromatic heterocycles. The van der Waals surface area contributed by atoms with Crippen LogP contribution in [0.25, 0.3) is 11.3 Å². The summed E-state index contributed by atoms with van der Waals surface area (Å²) in [6.07, 6.45) is 0.933. The zero-order chi connectivity index (χ0) is 15.0. The van der Waals surface area contributed by atoms with E-state index in [1.807, 2.05) is 44.2 Å². The molecule has 0 radical (unpaired) electrons. The molecule has 1 amide bonds. The Bertz CT molecular complexity index is 700. The summed E-state index contributed by atoms with van der Waals surface area (Å²) in [6.45, 7) is 3.71. The molecule has 5 heteroatoms. The molecule has 0 atom stereocenters. The van der Waals surface area contributed by atoms with Gasteiger partial charge in [0, 0.05) is 11.6 Å². The van der Waals surface area contributed by atoms with Crippen molar-refractivity contribution in [2.75, 3.05) is 5.32 Å². The Labute approximate surface area is 123 Å². The molecular weight excluding hydrogens is 266 g/mol. The molecule has 5 nitrogen and oxygen atoms in total. The van der Waals surface area contributed by atoms with Gasteiger partial charge in [0.1, 0.15) is 11.2 Å². The van der Waals surface area contributed by atoms with Crippen LogP contribution in [0, 0.1) is 5.41 Å². The van der Waals surface area contributed by atoms with Gasteiger partial charge >= 0.3 is 0 Å². The van der Waals surface area contributed by atoms with Gasteiger partial charge < -0.3 is 5.32 Å². The van der Waals surface area contributed by atoms with E-state index in [4.69, 9.17) is 0 Å². The van der Waals surface area contributed by atoms with Gasteiger partial charge in [0.15, 0.2) is 0 Å². The van der Waals surface area contributed by atoms with Crippen LogP contribution in [0.3, 0.4) is 0 Å². The Kier molecular flexibility index (Phi) is 3.12. The van der Waals surface area contributed by atoms with Crippen LogP contribution in [-0.2, 0) is 4.79 Å². The molecular formula is C16H17N3O2. The van der Waals surface area contributed by atoms with E-state index in [1.165, 1.54) is 4.68 Å². The first-order valence-electron chi connectivity index (χ1n) is 7.14. The van der Waals surface area contributed by atoms with E-state index in [2.05, 4.69) is 10.4 Å². The molecule has 1 N–H and O–H groups in total. The molecule has 1 aromatic carbocycles. The van der Waals surface area contributed by atoms with E-state index >= 15 is 0 Å². The highest BCUT2D eigenvalue weighted by Crippen LogP contribution is 2.36. The van der Waals surface area contributed by atoms with Crippen LogP contribution >= 0.6 is 0 Å². The number of nitrogens with zero attached hydrogens (tertiary/aromatic N) is 2. The Hall–Kier alpha value is -2.43. The van der Waals surface area contributed by atoms with E-state index in [-0.39, 0.29) is 11.8 Å². The average molecular weight is 283 g/mol. The molecule has 2 heterocycles. The molecule has 1 aliphatic heterocycles. The van der Waals surface area contributed by atoms with Crippen molar-refractivity contribution in [2.45, 2.75) is 26.7 Å². The lowest BCUT2D eigenvalue weighted by molar-refractivity contribution is -0.124. The fourth-order valence-electron chi connectivity index (χ4n) is 2.78. The summed E-state index contributed by atoms with van der Waals surface area (Å²) in [5, 5.41) is 7.19. The molecule has 108 valence electrons. The zero-order valence-corrected chi connectivity index (χ0v) is 12.1. The largest absolute Gasteiger partial charge is 0.310 e. The van der Waals surface area contributed by atoms with Crippen molar-refractivity contribution in [3.63, 3.8) is 0 Å². The monoisotopic (exact) mass is 283 g/mol. The van der Waals surface area contributed by atoms with Gasteiger partial charge in [-0.15, -0.1) is 0 Å². The molecule has 0 bridgehead atoms. The van der Waals surface area contributed by atoms with Crippen molar-refractivity contribution in [3.8, 4) is 11.3 Å². The maximum atomic E-state index is 12.7. The van der Waals surface area contributed by atoms with E-state index in [1.54, 1.807) is 6.07 Å². The first-order chi connectivity index (χ1) is 10.1. The van der Waals surface area contributed by atoms with Crippen molar-refractivity contribution < 1.29 is 9.59 Å². The highest BCUT2D eigenvalue weighted by Gasteiger charge is 2.48. The number of nitrogens with one attached hydrogen (secondary N) is 1. The molecule has 21 heavy (non-hydrogen) atoms. The molecule has 0 saturated heterocycles. The number of carbonyl (C=O) groups excluding carboxylic acids is 2. The summed E-state index contributed by atoms with van der Waals surface area (Å²) in [7, 11) is 0. The topological polar surface area (TPSA) is 64.0 Å². The molecule has 0 fully saturated rings. The number of hydrogen-bond acceptors (Lipinski definition) is 3. The van der Waals surface area contributed by atoms with E-state index in [0.717, 1.165) is 5.56 Å². The molecule has 2 aromatic rings. The number of rotatable bonds is 3. The molecule has 1 aliphatic rings. The number of amides is 1. The van der Waals surface area contributed by atoms with Gasteiger partial charge in [-0.3, -0.25) is 9.59 Å². The summed E-state index contributed by atoms with van der Waals surface area (Å²) in [4.78, 5) is 25.0. The minimum Gasteiger partial charge on any atom is -0.310 e. The molecule has 0 spiro atoms. The summed E-state index contributed by atoms with van der Waals surface area (Å²) >= 11 is 0. The molecule has 0 saturated carbocycles. The predicted octanol–water partition coefficient (Wildman–Crippen LogP) is 2.95. The third kappa shape index (κ3) is 1.88. The number of carbonyl (C=O) groups is 2. The van der Waals surface area contributed by atoms with Crippen LogP contribution in [0.1, 0.15) is 31.5 Å². The van der Waals surface area contributed by atoms with Gasteiger partial charge in [0.25, 0.3) is 5.91 Å². The summed E-state index contributed by atoms with van der Waals surface area (Å²) in [5.41, 5.74) is 0.592. The minimum absolute atomic E-state index is 0.232. The van der Waals surface area contributed by atoms with Crippen molar-refractivity contribution >= 4 is 17.6 Å². The SMILES string of the molecule is CCC1(CC)C(=O)Nc2cc(-c3ccccc3)nn2C1=O. The van der Waals surface area contributed by atoms with E-state index in [9.17, 15) is 9.59 Å². The third-order valence-electron chi connectivity index (χ3n) is 4.26. The number of fused-ring (bicyclic) bond motifs is 1. The maximum absolute atomic E-state index is 12.7. The van der Waals surface area contributed by atoms with Crippen LogP contribution in [0.2, 0.25) is 0 Å². The van der Waals surface area contributed by atoms with Crippen molar-refractivity contribution in [3.05, 3.63) is 36.4 Å². The van der Waals surface area contributed by atoms with Crippen LogP contribution in [-0.4, -0.2) is 21.6 Å². The highest BCUT2D eigenvalue weighted by atomic mass is 16.2. The van der Waals surface area contributed by atoms with Gasteiger partial charge in [0.2, 0.25) is 5.91 Å². The summed E-state index contributed by atoms with van der Waals surface area (Å²) in [5.74, 6) is -0.0284. The van der Waals surface area contributed by atoms with Crippen molar-refractivity contribution in [2.24, 2.45) is 5.41 Å². The van der Waals surface area contributed by atoms with Gasteiger partial charge in [0.05, 0.1) is 5.69 Å². The quantitative estimate of drug-likeness (QED) is 0.881. The van der Waals surface area contributed by atoms with E-state index < -0.39 is 5.41 Å². The van der Waals surface area contributed by atoms with Gasteiger partial charge in [-0.05, 0) is 12.8 Å². The maximum Gasteiger partial charge on any atom is 0.264 e. The van der Waals surface area contributed by atoms with Crippen LogP contribution < -0.4 is 5.32 Å². The Morgan fingerprint density at radius 3 is 2.43 bits per heavy atom. The second kappa shape index (κ2) is 4.84. The second-order valence-corrected chi connectivity index (χ2v) is 5.24. The Morgan fingerprint density at radius 1 is 1.14 bits per heavy atom.